The maximum absolute atomic E-state index is 13.0. The van der Waals surface area contributed by atoms with Crippen molar-refractivity contribution in [2.24, 2.45) is 0 Å². The number of carbonyl (C=O) groups is 1. The van der Waals surface area contributed by atoms with Gasteiger partial charge in [-0.1, -0.05) is 35.0 Å². The summed E-state index contributed by atoms with van der Waals surface area (Å²) in [7, 11) is -3.83. The zero-order chi connectivity index (χ0) is 18.2. The molecule has 0 spiro atoms. The van der Waals surface area contributed by atoms with Gasteiger partial charge in [-0.05, 0) is 48.2 Å². The average molecular weight is 423 g/mol. The minimum Gasteiger partial charge on any atom is -0.311 e. The first kappa shape index (κ1) is 17.9. The highest BCUT2D eigenvalue weighted by molar-refractivity contribution is 9.10. The van der Waals surface area contributed by atoms with Gasteiger partial charge in [0.15, 0.2) is 0 Å². The molecule has 0 aliphatic carbocycles. The summed E-state index contributed by atoms with van der Waals surface area (Å²) in [6.07, 6.45) is 1.46. The molecule has 0 saturated carbocycles. The lowest BCUT2D eigenvalue weighted by atomic mass is 10.1. The van der Waals surface area contributed by atoms with Crippen LogP contribution in [0, 0.1) is 0 Å². The minimum absolute atomic E-state index is 0.117. The van der Waals surface area contributed by atoms with Crippen molar-refractivity contribution in [2.75, 3.05) is 16.2 Å². The lowest BCUT2D eigenvalue weighted by Crippen LogP contribution is -2.28. The summed E-state index contributed by atoms with van der Waals surface area (Å²) in [4.78, 5) is 13.6. The van der Waals surface area contributed by atoms with E-state index < -0.39 is 10.0 Å². The van der Waals surface area contributed by atoms with Crippen LogP contribution in [0.25, 0.3) is 0 Å². The summed E-state index contributed by atoms with van der Waals surface area (Å²) in [5.41, 5.74) is 2.90. The number of nitrogens with one attached hydrogen (secondary N) is 1. The third kappa shape index (κ3) is 3.57. The molecule has 2 aromatic carbocycles. The van der Waals surface area contributed by atoms with E-state index in [2.05, 4.69) is 20.7 Å². The number of sulfonamides is 1. The quantitative estimate of drug-likeness (QED) is 0.815. The highest BCUT2D eigenvalue weighted by Gasteiger charge is 2.31. The monoisotopic (exact) mass is 422 g/mol. The van der Waals surface area contributed by atoms with Crippen LogP contribution in [-0.4, -0.2) is 20.9 Å². The normalized spacial score (nSPS) is 13.6. The number of amides is 1. The third-order valence-corrected chi connectivity index (χ3v) is 6.10. The topological polar surface area (TPSA) is 66.5 Å². The third-order valence-electron chi connectivity index (χ3n) is 4.25. The fourth-order valence-corrected chi connectivity index (χ4v) is 5.04. The number of anilines is 2. The predicted octanol–water partition coefficient (Wildman–Crippen LogP) is 3.72. The molecule has 0 bridgehead atoms. The van der Waals surface area contributed by atoms with Gasteiger partial charge in [0.2, 0.25) is 5.91 Å². The standard InChI is InChI=1S/C18H19BrN2O3S/c1-3-13-5-4-6-16(9-13)20-25(23,24)17-11-15(19)10-14-7-8-21(12(2)22)18(14)17/h4-6,9-11,20H,3,7-8H2,1-2H3. The van der Waals surface area contributed by atoms with Gasteiger partial charge in [0.25, 0.3) is 10.0 Å². The van der Waals surface area contributed by atoms with Crippen molar-refractivity contribution in [2.45, 2.75) is 31.6 Å². The zero-order valence-corrected chi connectivity index (χ0v) is 16.4. The summed E-state index contributed by atoms with van der Waals surface area (Å²) in [6, 6.07) is 10.7. The largest absolute Gasteiger partial charge is 0.311 e. The predicted molar refractivity (Wildman–Crippen MR) is 103 cm³/mol. The van der Waals surface area contributed by atoms with E-state index in [-0.39, 0.29) is 10.8 Å². The van der Waals surface area contributed by atoms with Crippen LogP contribution in [0.3, 0.4) is 0 Å². The number of hydrogen-bond acceptors (Lipinski definition) is 3. The molecule has 1 N–H and O–H groups in total. The fraction of sp³-hybridized carbons (Fsp3) is 0.278. The Hall–Kier alpha value is -1.86. The Morgan fingerprint density at radius 3 is 2.72 bits per heavy atom. The molecular weight excluding hydrogens is 404 g/mol. The second-order valence-corrected chi connectivity index (χ2v) is 8.56. The van der Waals surface area contributed by atoms with Crippen molar-refractivity contribution >= 4 is 43.2 Å². The smallest absolute Gasteiger partial charge is 0.264 e. The van der Waals surface area contributed by atoms with Gasteiger partial charge in [-0.2, -0.15) is 0 Å². The van der Waals surface area contributed by atoms with Crippen LogP contribution in [0.5, 0.6) is 0 Å². The highest BCUT2D eigenvalue weighted by atomic mass is 79.9. The van der Waals surface area contributed by atoms with E-state index in [1.807, 2.05) is 31.2 Å². The molecule has 7 heteroatoms. The van der Waals surface area contributed by atoms with E-state index >= 15 is 0 Å². The molecule has 0 atom stereocenters. The maximum Gasteiger partial charge on any atom is 0.264 e. The molecule has 0 fully saturated rings. The van der Waals surface area contributed by atoms with Crippen molar-refractivity contribution in [3.05, 3.63) is 52.0 Å². The zero-order valence-electron chi connectivity index (χ0n) is 14.0. The summed E-state index contributed by atoms with van der Waals surface area (Å²) < 4.78 is 29.3. The Morgan fingerprint density at radius 2 is 2.04 bits per heavy atom. The van der Waals surface area contributed by atoms with E-state index in [0.29, 0.717) is 28.8 Å². The van der Waals surface area contributed by atoms with Crippen LogP contribution in [0.15, 0.2) is 45.8 Å². The molecule has 1 amide bonds. The van der Waals surface area contributed by atoms with Crippen molar-refractivity contribution < 1.29 is 13.2 Å². The van der Waals surface area contributed by atoms with E-state index in [1.54, 1.807) is 12.1 Å². The Balaban J connectivity index is 2.07. The van der Waals surface area contributed by atoms with E-state index in [0.717, 1.165) is 17.5 Å². The molecule has 25 heavy (non-hydrogen) atoms. The van der Waals surface area contributed by atoms with Gasteiger partial charge in [0, 0.05) is 23.6 Å². The number of rotatable bonds is 4. The summed E-state index contributed by atoms with van der Waals surface area (Å²) in [5.74, 6) is -0.162. The number of benzene rings is 2. The Bertz CT molecular complexity index is 941. The molecule has 0 unspecified atom stereocenters. The summed E-state index contributed by atoms with van der Waals surface area (Å²) in [5, 5.41) is 0. The van der Waals surface area contributed by atoms with Crippen LogP contribution in [0.4, 0.5) is 11.4 Å². The maximum atomic E-state index is 13.0. The molecule has 132 valence electrons. The summed E-state index contributed by atoms with van der Waals surface area (Å²) in [6.45, 7) is 3.96. The lowest BCUT2D eigenvalue weighted by molar-refractivity contribution is -0.116. The summed E-state index contributed by atoms with van der Waals surface area (Å²) >= 11 is 3.38. The first-order valence-electron chi connectivity index (χ1n) is 8.04. The molecule has 0 radical (unpaired) electrons. The Morgan fingerprint density at radius 1 is 1.28 bits per heavy atom. The molecule has 2 aromatic rings. The molecular formula is C18H19BrN2O3S. The van der Waals surface area contributed by atoms with Crippen LogP contribution < -0.4 is 9.62 Å². The molecule has 1 aliphatic heterocycles. The number of aryl methyl sites for hydroxylation is 1. The molecule has 1 aliphatic rings. The van der Waals surface area contributed by atoms with E-state index in [9.17, 15) is 13.2 Å². The van der Waals surface area contributed by atoms with E-state index in [1.165, 1.54) is 11.8 Å². The number of halogens is 1. The van der Waals surface area contributed by atoms with Crippen molar-refractivity contribution in [1.82, 2.24) is 0 Å². The lowest BCUT2D eigenvalue weighted by Gasteiger charge is -2.19. The minimum atomic E-state index is -3.83. The van der Waals surface area contributed by atoms with Gasteiger partial charge in [0.1, 0.15) is 4.90 Å². The molecule has 0 aromatic heterocycles. The molecule has 3 rings (SSSR count). The van der Waals surface area contributed by atoms with Gasteiger partial charge in [-0.15, -0.1) is 0 Å². The van der Waals surface area contributed by atoms with E-state index in [4.69, 9.17) is 0 Å². The number of fused-ring (bicyclic) bond motifs is 1. The van der Waals surface area contributed by atoms with Crippen LogP contribution in [-0.2, 0) is 27.7 Å². The van der Waals surface area contributed by atoms with Gasteiger partial charge in [-0.25, -0.2) is 8.42 Å². The van der Waals surface area contributed by atoms with Gasteiger partial charge < -0.3 is 4.90 Å². The fourth-order valence-electron chi connectivity index (χ4n) is 3.05. The van der Waals surface area contributed by atoms with Crippen LogP contribution in [0.1, 0.15) is 25.0 Å². The number of hydrogen-bond donors (Lipinski definition) is 1. The van der Waals surface area contributed by atoms with Gasteiger partial charge in [-0.3, -0.25) is 9.52 Å². The molecule has 1 heterocycles. The second-order valence-electron chi connectivity index (χ2n) is 5.99. The average Bonchev–Trinajstić information content (AvgIpc) is 2.97. The SMILES string of the molecule is CCc1cccc(NS(=O)(=O)c2cc(Br)cc3c2N(C(C)=O)CC3)c1. The Labute approximate surface area is 156 Å². The highest BCUT2D eigenvalue weighted by Crippen LogP contribution is 2.38. The molecule has 0 saturated heterocycles. The van der Waals surface area contributed by atoms with Crippen LogP contribution in [0.2, 0.25) is 0 Å². The Kier molecular flexibility index (Phi) is 4.88. The second kappa shape index (κ2) is 6.80. The first-order chi connectivity index (χ1) is 11.8. The van der Waals surface area contributed by atoms with Crippen molar-refractivity contribution in [1.29, 1.82) is 0 Å². The number of carbonyl (C=O) groups excluding carboxylic acids is 1. The first-order valence-corrected chi connectivity index (χ1v) is 10.3. The van der Waals surface area contributed by atoms with Gasteiger partial charge in [0.05, 0.1) is 5.69 Å². The van der Waals surface area contributed by atoms with Crippen molar-refractivity contribution in [3.63, 3.8) is 0 Å². The number of nitrogens with zero attached hydrogens (tertiary/aromatic N) is 1. The molecule has 5 nitrogen and oxygen atoms in total. The van der Waals surface area contributed by atoms with Crippen LogP contribution >= 0.6 is 15.9 Å². The van der Waals surface area contributed by atoms with Gasteiger partial charge >= 0.3 is 0 Å². The van der Waals surface area contributed by atoms with Crippen molar-refractivity contribution in [3.8, 4) is 0 Å².